The van der Waals surface area contributed by atoms with E-state index in [0.717, 1.165) is 5.69 Å². The first kappa shape index (κ1) is 17.9. The monoisotopic (exact) mass is 350 g/mol. The fourth-order valence-corrected chi connectivity index (χ4v) is 2.27. The standard InChI is InChI=1S/C16H19ClN4O3/c1-9(2)13(16(23)24-4)19-15(22)14-18-10(3)21(20-14)12-7-5-11(17)6-8-12/h5-9,13H,1-4H3,(H,19,22). The first-order chi connectivity index (χ1) is 11.3. The molecule has 24 heavy (non-hydrogen) atoms. The summed E-state index contributed by atoms with van der Waals surface area (Å²) in [6.45, 7) is 5.36. The summed E-state index contributed by atoms with van der Waals surface area (Å²) < 4.78 is 6.24. The largest absolute Gasteiger partial charge is 0.467 e. The van der Waals surface area contributed by atoms with Crippen LogP contribution in [-0.2, 0) is 9.53 Å². The lowest BCUT2D eigenvalue weighted by Gasteiger charge is -2.18. The number of hydrogen-bond donors (Lipinski definition) is 1. The van der Waals surface area contributed by atoms with Crippen LogP contribution in [0.4, 0.5) is 0 Å². The second-order valence-corrected chi connectivity index (χ2v) is 6.03. The zero-order chi connectivity index (χ0) is 17.9. The predicted molar refractivity (Wildman–Crippen MR) is 89.2 cm³/mol. The van der Waals surface area contributed by atoms with Gasteiger partial charge in [0.2, 0.25) is 5.82 Å². The van der Waals surface area contributed by atoms with Gasteiger partial charge in [0.25, 0.3) is 5.91 Å². The lowest BCUT2D eigenvalue weighted by molar-refractivity contribution is -0.144. The van der Waals surface area contributed by atoms with Crippen LogP contribution in [-0.4, -0.2) is 39.8 Å². The average Bonchev–Trinajstić information content (AvgIpc) is 2.94. The third-order valence-electron chi connectivity index (χ3n) is 3.45. The number of carbonyl (C=O) groups excluding carboxylic acids is 2. The van der Waals surface area contributed by atoms with E-state index in [9.17, 15) is 9.59 Å². The zero-order valence-electron chi connectivity index (χ0n) is 13.9. The Balaban J connectivity index is 2.23. The number of aromatic nitrogens is 3. The molecule has 8 heteroatoms. The Hall–Kier alpha value is -2.41. The number of nitrogens with one attached hydrogen (secondary N) is 1. The van der Waals surface area contributed by atoms with Gasteiger partial charge in [-0.2, -0.15) is 0 Å². The molecule has 0 aliphatic rings. The summed E-state index contributed by atoms with van der Waals surface area (Å²) in [6.07, 6.45) is 0. The van der Waals surface area contributed by atoms with E-state index in [-0.39, 0.29) is 11.7 Å². The van der Waals surface area contributed by atoms with Gasteiger partial charge in [0.1, 0.15) is 11.9 Å². The molecule has 0 saturated carbocycles. The number of methoxy groups -OCH3 is 1. The fraction of sp³-hybridized carbons (Fsp3) is 0.375. The molecule has 0 aliphatic heterocycles. The van der Waals surface area contributed by atoms with Crippen LogP contribution in [0, 0.1) is 12.8 Å². The maximum atomic E-state index is 12.4. The maximum absolute atomic E-state index is 12.4. The Bertz CT molecular complexity index is 740. The van der Waals surface area contributed by atoms with Crippen molar-refractivity contribution in [3.05, 3.63) is 40.9 Å². The SMILES string of the molecule is COC(=O)C(NC(=O)c1nc(C)n(-c2ccc(Cl)cc2)n1)C(C)C. The van der Waals surface area contributed by atoms with Gasteiger partial charge in [0.05, 0.1) is 12.8 Å². The minimum absolute atomic E-state index is 0.0167. The number of nitrogens with zero attached hydrogens (tertiary/aromatic N) is 3. The summed E-state index contributed by atoms with van der Waals surface area (Å²) in [5.74, 6) is -0.637. The predicted octanol–water partition coefficient (Wildman–Crippen LogP) is 2.16. The summed E-state index contributed by atoms with van der Waals surface area (Å²) in [5.41, 5.74) is 0.733. The zero-order valence-corrected chi connectivity index (χ0v) is 14.7. The number of carbonyl (C=O) groups is 2. The molecule has 1 aromatic carbocycles. The molecule has 1 unspecified atom stereocenters. The number of hydrogen-bond acceptors (Lipinski definition) is 5. The van der Waals surface area contributed by atoms with Crippen molar-refractivity contribution in [3.8, 4) is 5.69 Å². The lowest BCUT2D eigenvalue weighted by atomic mass is 10.0. The molecule has 0 spiro atoms. The van der Waals surface area contributed by atoms with E-state index in [0.29, 0.717) is 10.8 Å². The average molecular weight is 351 g/mol. The van der Waals surface area contributed by atoms with Crippen molar-refractivity contribution < 1.29 is 14.3 Å². The fourth-order valence-electron chi connectivity index (χ4n) is 2.14. The van der Waals surface area contributed by atoms with Crippen LogP contribution < -0.4 is 5.32 Å². The molecule has 1 heterocycles. The van der Waals surface area contributed by atoms with Gasteiger partial charge in [-0.1, -0.05) is 25.4 Å². The third-order valence-corrected chi connectivity index (χ3v) is 3.70. The quantitative estimate of drug-likeness (QED) is 0.835. The number of ether oxygens (including phenoxy) is 1. The van der Waals surface area contributed by atoms with E-state index in [1.54, 1.807) is 31.2 Å². The smallest absolute Gasteiger partial charge is 0.328 e. The Morgan fingerprint density at radius 1 is 1.25 bits per heavy atom. The van der Waals surface area contributed by atoms with E-state index in [4.69, 9.17) is 16.3 Å². The Morgan fingerprint density at radius 3 is 2.42 bits per heavy atom. The van der Waals surface area contributed by atoms with E-state index in [2.05, 4.69) is 15.4 Å². The second-order valence-electron chi connectivity index (χ2n) is 5.59. The summed E-state index contributed by atoms with van der Waals surface area (Å²) in [7, 11) is 1.28. The Kier molecular flexibility index (Phi) is 5.56. The van der Waals surface area contributed by atoms with Crippen LogP contribution in [0.2, 0.25) is 5.02 Å². The van der Waals surface area contributed by atoms with Crippen molar-refractivity contribution in [3.63, 3.8) is 0 Å². The lowest BCUT2D eigenvalue weighted by Crippen LogP contribution is -2.45. The molecular weight excluding hydrogens is 332 g/mol. The molecule has 1 atom stereocenters. The van der Waals surface area contributed by atoms with Gasteiger partial charge in [-0.25, -0.2) is 14.5 Å². The molecule has 0 radical (unpaired) electrons. The molecule has 0 saturated heterocycles. The first-order valence-corrected chi connectivity index (χ1v) is 7.79. The van der Waals surface area contributed by atoms with E-state index in [1.165, 1.54) is 11.8 Å². The van der Waals surface area contributed by atoms with E-state index < -0.39 is 17.9 Å². The van der Waals surface area contributed by atoms with Crippen molar-refractivity contribution >= 4 is 23.5 Å². The first-order valence-electron chi connectivity index (χ1n) is 7.41. The highest BCUT2D eigenvalue weighted by atomic mass is 35.5. The number of benzene rings is 1. The maximum Gasteiger partial charge on any atom is 0.328 e. The number of rotatable bonds is 5. The van der Waals surface area contributed by atoms with Crippen molar-refractivity contribution in [2.45, 2.75) is 26.8 Å². The Morgan fingerprint density at radius 2 is 1.88 bits per heavy atom. The molecule has 1 N–H and O–H groups in total. The van der Waals surface area contributed by atoms with Gasteiger partial charge < -0.3 is 10.1 Å². The van der Waals surface area contributed by atoms with E-state index in [1.807, 2.05) is 13.8 Å². The van der Waals surface area contributed by atoms with Gasteiger partial charge in [-0.05, 0) is 37.1 Å². The Labute approximate surface area is 145 Å². The van der Waals surface area contributed by atoms with Crippen LogP contribution in [0.25, 0.3) is 5.69 Å². The van der Waals surface area contributed by atoms with Crippen molar-refractivity contribution in [2.75, 3.05) is 7.11 Å². The van der Waals surface area contributed by atoms with Gasteiger partial charge in [0, 0.05) is 5.02 Å². The van der Waals surface area contributed by atoms with Crippen LogP contribution in [0.3, 0.4) is 0 Å². The molecule has 128 valence electrons. The molecule has 2 rings (SSSR count). The summed E-state index contributed by atoms with van der Waals surface area (Å²) in [6, 6.07) is 6.24. The topological polar surface area (TPSA) is 86.1 Å². The molecular formula is C16H19ClN4O3. The number of amides is 1. The highest BCUT2D eigenvalue weighted by molar-refractivity contribution is 6.30. The van der Waals surface area contributed by atoms with Crippen molar-refractivity contribution in [1.82, 2.24) is 20.1 Å². The molecule has 0 aliphatic carbocycles. The van der Waals surface area contributed by atoms with Crippen LogP contribution >= 0.6 is 11.6 Å². The minimum atomic E-state index is -0.759. The van der Waals surface area contributed by atoms with Crippen LogP contribution in [0.5, 0.6) is 0 Å². The number of aryl methyl sites for hydroxylation is 1. The number of halogens is 1. The molecule has 0 fully saturated rings. The molecule has 7 nitrogen and oxygen atoms in total. The van der Waals surface area contributed by atoms with Gasteiger partial charge in [0.15, 0.2) is 0 Å². The third kappa shape index (κ3) is 3.91. The molecule has 1 amide bonds. The highest BCUT2D eigenvalue weighted by Gasteiger charge is 2.27. The van der Waals surface area contributed by atoms with Gasteiger partial charge in [-0.15, -0.1) is 5.10 Å². The summed E-state index contributed by atoms with van der Waals surface area (Å²) >= 11 is 5.87. The van der Waals surface area contributed by atoms with E-state index >= 15 is 0 Å². The summed E-state index contributed by atoms with van der Waals surface area (Å²) in [5, 5.41) is 7.42. The summed E-state index contributed by atoms with van der Waals surface area (Å²) in [4.78, 5) is 28.3. The van der Waals surface area contributed by atoms with Crippen LogP contribution in [0.15, 0.2) is 24.3 Å². The molecule has 2 aromatic rings. The second kappa shape index (κ2) is 7.44. The highest BCUT2D eigenvalue weighted by Crippen LogP contribution is 2.14. The van der Waals surface area contributed by atoms with Crippen LogP contribution in [0.1, 0.15) is 30.3 Å². The molecule has 0 bridgehead atoms. The normalized spacial score (nSPS) is 12.1. The van der Waals surface area contributed by atoms with Gasteiger partial charge in [-0.3, -0.25) is 4.79 Å². The van der Waals surface area contributed by atoms with Crippen molar-refractivity contribution in [1.29, 1.82) is 0 Å². The minimum Gasteiger partial charge on any atom is -0.467 e. The van der Waals surface area contributed by atoms with Gasteiger partial charge >= 0.3 is 5.97 Å². The van der Waals surface area contributed by atoms with Crippen molar-refractivity contribution in [2.24, 2.45) is 5.92 Å². The number of esters is 1. The molecule has 1 aromatic heterocycles.